The summed E-state index contributed by atoms with van der Waals surface area (Å²) in [4.78, 5) is 24.6. The molecule has 0 spiro atoms. The van der Waals surface area contributed by atoms with Gasteiger partial charge in [0.1, 0.15) is 5.82 Å². The molecule has 0 saturated carbocycles. The van der Waals surface area contributed by atoms with E-state index in [9.17, 15) is 4.79 Å². The van der Waals surface area contributed by atoms with Crippen molar-refractivity contribution in [3.05, 3.63) is 47.4 Å². The topological polar surface area (TPSA) is 63.1 Å². The molecule has 6 nitrogen and oxygen atoms in total. The van der Waals surface area contributed by atoms with Crippen LogP contribution in [0.15, 0.2) is 30.3 Å². The highest BCUT2D eigenvalue weighted by atomic mass is 16.2. The zero-order chi connectivity index (χ0) is 20.4. The van der Waals surface area contributed by atoms with E-state index in [0.29, 0.717) is 6.54 Å². The summed E-state index contributed by atoms with van der Waals surface area (Å²) in [5.74, 6) is 0.941. The van der Waals surface area contributed by atoms with Crippen LogP contribution in [0.25, 0.3) is 16.7 Å². The molecule has 1 N–H and O–H groups in total. The quantitative estimate of drug-likeness (QED) is 0.709. The lowest BCUT2D eigenvalue weighted by Gasteiger charge is -2.28. The minimum Gasteiger partial charge on any atom is -0.356 e. The van der Waals surface area contributed by atoms with Crippen LogP contribution in [0.1, 0.15) is 54.5 Å². The number of aromatic nitrogens is 3. The monoisotopic (exact) mass is 391 g/mol. The van der Waals surface area contributed by atoms with Gasteiger partial charge in [-0.05, 0) is 57.2 Å². The summed E-state index contributed by atoms with van der Waals surface area (Å²) < 4.78 is 2.15. The summed E-state index contributed by atoms with van der Waals surface area (Å²) in [6.07, 6.45) is 4.43. The first-order chi connectivity index (χ1) is 14.1. The second-order valence-corrected chi connectivity index (χ2v) is 7.75. The molecular weight excluding hydrogens is 362 g/mol. The van der Waals surface area contributed by atoms with E-state index in [4.69, 9.17) is 9.97 Å². The molecule has 0 radical (unpaired) electrons. The predicted octanol–water partition coefficient (Wildman–Crippen LogP) is 4.17. The molecule has 1 aromatic carbocycles. The summed E-state index contributed by atoms with van der Waals surface area (Å²) in [7, 11) is 0. The number of amides is 1. The Balaban J connectivity index is 1.95. The maximum Gasteiger partial charge on any atom is 0.289 e. The van der Waals surface area contributed by atoms with Crippen LogP contribution < -0.4 is 10.2 Å². The minimum atomic E-state index is -0.205. The van der Waals surface area contributed by atoms with Gasteiger partial charge in [0.05, 0.1) is 5.39 Å². The van der Waals surface area contributed by atoms with Crippen LogP contribution in [-0.4, -0.2) is 40.1 Å². The van der Waals surface area contributed by atoms with Crippen LogP contribution >= 0.6 is 0 Å². The molecule has 4 rings (SSSR count). The third-order valence-corrected chi connectivity index (χ3v) is 5.74. The molecule has 0 aliphatic carbocycles. The van der Waals surface area contributed by atoms with Crippen molar-refractivity contribution in [3.63, 3.8) is 0 Å². The number of carbonyl (C=O) groups excluding carboxylic acids is 1. The Bertz CT molecular complexity index is 1020. The first kappa shape index (κ1) is 19.4. The standard InChI is InChI=1S/C23H29N5O/c1-4-13-24-23(29)20-25-21(27-14-9-6-10-15-27)19-16(2)17(3)28(22(19)26-20)18-11-7-5-8-12-18/h5,7-8,11-12H,4,6,9-10,13-15H2,1-3H3,(H,24,29). The zero-order valence-electron chi connectivity index (χ0n) is 17.5. The van der Waals surface area contributed by atoms with E-state index in [1.54, 1.807) is 0 Å². The van der Waals surface area contributed by atoms with Crippen molar-refractivity contribution in [2.75, 3.05) is 24.5 Å². The molecule has 1 saturated heterocycles. The average molecular weight is 392 g/mol. The number of para-hydroxylation sites is 1. The van der Waals surface area contributed by atoms with Crippen LogP contribution in [0.4, 0.5) is 5.82 Å². The number of aryl methyl sites for hydroxylation is 1. The molecule has 1 aliphatic rings. The molecule has 152 valence electrons. The number of nitrogens with zero attached hydrogens (tertiary/aromatic N) is 4. The van der Waals surface area contributed by atoms with Crippen molar-refractivity contribution in [2.45, 2.75) is 46.5 Å². The molecule has 1 amide bonds. The fourth-order valence-corrected chi connectivity index (χ4v) is 4.09. The highest BCUT2D eigenvalue weighted by molar-refractivity contribution is 5.98. The molecule has 0 atom stereocenters. The Morgan fingerprint density at radius 3 is 2.48 bits per heavy atom. The molecule has 3 heterocycles. The molecule has 1 aliphatic heterocycles. The summed E-state index contributed by atoms with van der Waals surface area (Å²) in [5, 5.41) is 3.99. The number of carbonyl (C=O) groups is 1. The molecule has 0 bridgehead atoms. The number of hydrogen-bond acceptors (Lipinski definition) is 4. The lowest BCUT2D eigenvalue weighted by molar-refractivity contribution is 0.0943. The largest absolute Gasteiger partial charge is 0.356 e. The third kappa shape index (κ3) is 3.59. The van der Waals surface area contributed by atoms with Crippen LogP contribution in [0.3, 0.4) is 0 Å². The number of benzene rings is 1. The van der Waals surface area contributed by atoms with Gasteiger partial charge in [-0.2, -0.15) is 0 Å². The predicted molar refractivity (Wildman–Crippen MR) is 117 cm³/mol. The maximum atomic E-state index is 12.8. The van der Waals surface area contributed by atoms with Gasteiger partial charge in [0.2, 0.25) is 5.82 Å². The molecule has 0 unspecified atom stereocenters. The van der Waals surface area contributed by atoms with E-state index < -0.39 is 0 Å². The van der Waals surface area contributed by atoms with E-state index in [-0.39, 0.29) is 11.7 Å². The molecule has 3 aromatic rings. The van der Waals surface area contributed by atoms with E-state index in [1.807, 2.05) is 25.1 Å². The van der Waals surface area contributed by atoms with E-state index in [1.165, 1.54) is 12.0 Å². The Morgan fingerprint density at radius 2 is 1.79 bits per heavy atom. The van der Waals surface area contributed by atoms with Crippen LogP contribution in [-0.2, 0) is 0 Å². The number of rotatable bonds is 5. The first-order valence-electron chi connectivity index (χ1n) is 10.6. The van der Waals surface area contributed by atoms with Gasteiger partial charge in [0, 0.05) is 31.0 Å². The number of nitrogens with one attached hydrogen (secondary N) is 1. The first-order valence-corrected chi connectivity index (χ1v) is 10.6. The Kier molecular flexibility index (Phi) is 5.51. The molecule has 1 fully saturated rings. The average Bonchev–Trinajstić information content (AvgIpc) is 3.02. The summed E-state index contributed by atoms with van der Waals surface area (Å²) in [6.45, 7) is 8.84. The van der Waals surface area contributed by atoms with Gasteiger partial charge in [-0.3, -0.25) is 9.36 Å². The SMILES string of the molecule is CCCNC(=O)c1nc(N2CCCCC2)c2c(C)c(C)n(-c3ccccc3)c2n1. The van der Waals surface area contributed by atoms with Gasteiger partial charge < -0.3 is 10.2 Å². The number of hydrogen-bond donors (Lipinski definition) is 1. The van der Waals surface area contributed by atoms with E-state index in [2.05, 4.69) is 40.8 Å². The van der Waals surface area contributed by atoms with Crippen molar-refractivity contribution in [2.24, 2.45) is 0 Å². The Morgan fingerprint density at radius 1 is 1.07 bits per heavy atom. The van der Waals surface area contributed by atoms with Crippen LogP contribution in [0.2, 0.25) is 0 Å². The minimum absolute atomic E-state index is 0.205. The molecule has 2 aromatic heterocycles. The van der Waals surface area contributed by atoms with E-state index >= 15 is 0 Å². The molecular formula is C23H29N5O. The summed E-state index contributed by atoms with van der Waals surface area (Å²) in [6, 6.07) is 10.2. The van der Waals surface area contributed by atoms with E-state index in [0.717, 1.165) is 60.6 Å². The summed E-state index contributed by atoms with van der Waals surface area (Å²) >= 11 is 0. The van der Waals surface area contributed by atoms with Gasteiger partial charge in [0.15, 0.2) is 5.65 Å². The van der Waals surface area contributed by atoms with Crippen molar-refractivity contribution >= 4 is 22.8 Å². The van der Waals surface area contributed by atoms with Crippen molar-refractivity contribution in [1.29, 1.82) is 0 Å². The van der Waals surface area contributed by atoms with Crippen molar-refractivity contribution < 1.29 is 4.79 Å². The van der Waals surface area contributed by atoms with Gasteiger partial charge in [-0.25, -0.2) is 9.97 Å². The number of anilines is 1. The fourth-order valence-electron chi connectivity index (χ4n) is 4.09. The molecule has 29 heavy (non-hydrogen) atoms. The van der Waals surface area contributed by atoms with Gasteiger partial charge in [-0.1, -0.05) is 25.1 Å². The van der Waals surface area contributed by atoms with Gasteiger partial charge in [0.25, 0.3) is 5.91 Å². The number of fused-ring (bicyclic) bond motifs is 1. The Labute approximate surface area is 172 Å². The highest BCUT2D eigenvalue weighted by Gasteiger charge is 2.25. The fraction of sp³-hybridized carbons (Fsp3) is 0.435. The number of piperidine rings is 1. The maximum absolute atomic E-state index is 12.8. The zero-order valence-corrected chi connectivity index (χ0v) is 17.5. The van der Waals surface area contributed by atoms with Crippen LogP contribution in [0, 0.1) is 13.8 Å². The second kappa shape index (κ2) is 8.23. The normalized spacial score (nSPS) is 14.4. The smallest absolute Gasteiger partial charge is 0.289 e. The highest BCUT2D eigenvalue weighted by Crippen LogP contribution is 2.34. The Hall–Kier alpha value is -2.89. The van der Waals surface area contributed by atoms with Crippen molar-refractivity contribution in [1.82, 2.24) is 19.9 Å². The van der Waals surface area contributed by atoms with Crippen molar-refractivity contribution in [3.8, 4) is 5.69 Å². The lowest BCUT2D eigenvalue weighted by Crippen LogP contribution is -2.32. The second-order valence-electron chi connectivity index (χ2n) is 7.75. The third-order valence-electron chi connectivity index (χ3n) is 5.74. The summed E-state index contributed by atoms with van der Waals surface area (Å²) in [5.41, 5.74) is 4.16. The van der Waals surface area contributed by atoms with Crippen LogP contribution in [0.5, 0.6) is 0 Å². The van der Waals surface area contributed by atoms with Gasteiger partial charge in [-0.15, -0.1) is 0 Å². The lowest BCUT2D eigenvalue weighted by atomic mass is 10.1. The van der Waals surface area contributed by atoms with Gasteiger partial charge >= 0.3 is 0 Å². The molecule has 6 heteroatoms.